The van der Waals surface area contributed by atoms with Crippen LogP contribution in [-0.4, -0.2) is 42.3 Å². The molecule has 4 heteroatoms. The highest BCUT2D eigenvalue weighted by Gasteiger charge is 2.16. The molecule has 106 valence electrons. The molecule has 0 bridgehead atoms. The van der Waals surface area contributed by atoms with Crippen LogP contribution in [0.1, 0.15) is 34.6 Å². The molecule has 1 saturated heterocycles. The Morgan fingerprint density at radius 3 is 2.89 bits per heavy atom. The van der Waals surface area contributed by atoms with Gasteiger partial charge < -0.3 is 15.3 Å². The fourth-order valence-electron chi connectivity index (χ4n) is 3.17. The molecule has 0 saturated carbocycles. The summed E-state index contributed by atoms with van der Waals surface area (Å²) in [5, 5.41) is 13.4. The largest absolute Gasteiger partial charge is 0.390 e. The summed E-state index contributed by atoms with van der Waals surface area (Å²) in [6.07, 6.45) is 6.23. The monoisotopic (exact) mass is 280 g/mol. The lowest BCUT2D eigenvalue weighted by Crippen LogP contribution is -2.36. The van der Waals surface area contributed by atoms with E-state index in [1.165, 1.54) is 37.0 Å². The number of β-amino-alcohol motifs (C(OH)–C–C–N with tert-alkyl or cyclic N) is 1. The number of hydrogen-bond acceptors (Lipinski definition) is 4. The fraction of sp³-hybridized carbons (Fsp3) is 0.733. The van der Waals surface area contributed by atoms with E-state index < -0.39 is 0 Å². The van der Waals surface area contributed by atoms with Gasteiger partial charge in [-0.15, -0.1) is 11.3 Å². The number of thiophene rings is 1. The highest BCUT2D eigenvalue weighted by atomic mass is 32.1. The standard InChI is InChI=1S/C15H24N2OS/c18-13(11-17-6-1-2-7-17)9-16-10-14-8-12-4-3-5-15(12)19-14/h8,13,16,18H,1-7,9-11H2. The molecule has 0 spiro atoms. The van der Waals surface area contributed by atoms with Crippen LogP contribution in [0.15, 0.2) is 6.07 Å². The molecule has 2 N–H and O–H groups in total. The van der Waals surface area contributed by atoms with Crippen LogP contribution >= 0.6 is 11.3 Å². The van der Waals surface area contributed by atoms with Gasteiger partial charge in [0, 0.05) is 29.4 Å². The van der Waals surface area contributed by atoms with Crippen molar-refractivity contribution in [2.45, 2.75) is 44.8 Å². The van der Waals surface area contributed by atoms with Crippen LogP contribution < -0.4 is 5.32 Å². The lowest BCUT2D eigenvalue weighted by Gasteiger charge is -2.19. The van der Waals surface area contributed by atoms with Gasteiger partial charge in [-0.3, -0.25) is 0 Å². The van der Waals surface area contributed by atoms with Gasteiger partial charge in [-0.25, -0.2) is 0 Å². The Bertz CT molecular complexity index is 391. The average molecular weight is 280 g/mol. The topological polar surface area (TPSA) is 35.5 Å². The molecule has 0 aromatic carbocycles. The van der Waals surface area contributed by atoms with Gasteiger partial charge in [-0.1, -0.05) is 0 Å². The van der Waals surface area contributed by atoms with E-state index >= 15 is 0 Å². The van der Waals surface area contributed by atoms with Crippen molar-refractivity contribution in [1.82, 2.24) is 10.2 Å². The minimum Gasteiger partial charge on any atom is -0.390 e. The van der Waals surface area contributed by atoms with Crippen LogP contribution in [0.2, 0.25) is 0 Å². The number of aliphatic hydroxyl groups excluding tert-OH is 1. The number of rotatable bonds is 6. The summed E-state index contributed by atoms with van der Waals surface area (Å²) in [6.45, 7) is 4.77. The molecule has 2 heterocycles. The summed E-state index contributed by atoms with van der Waals surface area (Å²) in [4.78, 5) is 5.39. The van der Waals surface area contributed by atoms with Crippen molar-refractivity contribution in [3.05, 3.63) is 21.4 Å². The third kappa shape index (κ3) is 3.57. The second kappa shape index (κ2) is 6.35. The molecule has 3 rings (SSSR count). The predicted octanol–water partition coefficient (Wildman–Crippen LogP) is 1.78. The predicted molar refractivity (Wildman–Crippen MR) is 79.7 cm³/mol. The number of aryl methyl sites for hydroxylation is 2. The third-order valence-corrected chi connectivity index (χ3v) is 5.38. The van der Waals surface area contributed by atoms with Gasteiger partial charge in [0.15, 0.2) is 0 Å². The van der Waals surface area contributed by atoms with Gasteiger partial charge in [0.25, 0.3) is 0 Å². The van der Waals surface area contributed by atoms with Crippen molar-refractivity contribution in [2.75, 3.05) is 26.2 Å². The van der Waals surface area contributed by atoms with Gasteiger partial charge >= 0.3 is 0 Å². The van der Waals surface area contributed by atoms with E-state index in [1.807, 2.05) is 11.3 Å². The number of fused-ring (bicyclic) bond motifs is 1. The highest BCUT2D eigenvalue weighted by molar-refractivity contribution is 7.12. The number of likely N-dealkylation sites (tertiary alicyclic amines) is 1. The van der Waals surface area contributed by atoms with Crippen LogP contribution in [0.5, 0.6) is 0 Å². The molecule has 1 aliphatic heterocycles. The Labute approximate surface area is 119 Å². The van der Waals surface area contributed by atoms with Gasteiger partial charge in [0.1, 0.15) is 0 Å². The molecular weight excluding hydrogens is 256 g/mol. The summed E-state index contributed by atoms with van der Waals surface area (Å²) in [7, 11) is 0. The van der Waals surface area contributed by atoms with Gasteiger partial charge in [0.2, 0.25) is 0 Å². The number of hydrogen-bond donors (Lipinski definition) is 2. The summed E-state index contributed by atoms with van der Waals surface area (Å²) in [5.41, 5.74) is 1.57. The molecule has 3 nitrogen and oxygen atoms in total. The smallest absolute Gasteiger partial charge is 0.0791 e. The molecule has 1 aromatic rings. The molecular formula is C15H24N2OS. The van der Waals surface area contributed by atoms with E-state index in [0.29, 0.717) is 6.54 Å². The normalized spacial score (nSPS) is 20.9. The Kier molecular flexibility index (Phi) is 4.53. The molecule has 1 aliphatic carbocycles. The third-order valence-electron chi connectivity index (χ3n) is 4.14. The number of aliphatic hydroxyl groups is 1. The van der Waals surface area contributed by atoms with Gasteiger partial charge in [0.05, 0.1) is 6.10 Å². The second-order valence-electron chi connectivity index (χ2n) is 5.81. The van der Waals surface area contributed by atoms with Crippen LogP contribution in [0.4, 0.5) is 0 Å². The van der Waals surface area contributed by atoms with Crippen molar-refractivity contribution >= 4 is 11.3 Å². The summed E-state index contributed by atoms with van der Waals surface area (Å²) in [6, 6.07) is 2.35. The molecule has 1 unspecified atom stereocenters. The number of nitrogens with one attached hydrogen (secondary N) is 1. The Morgan fingerprint density at radius 1 is 1.26 bits per heavy atom. The zero-order chi connectivity index (χ0) is 13.1. The van der Waals surface area contributed by atoms with Crippen molar-refractivity contribution in [3.8, 4) is 0 Å². The van der Waals surface area contributed by atoms with Crippen molar-refractivity contribution < 1.29 is 5.11 Å². The summed E-state index contributed by atoms with van der Waals surface area (Å²) < 4.78 is 0. The lowest BCUT2D eigenvalue weighted by molar-refractivity contribution is 0.123. The van der Waals surface area contributed by atoms with Gasteiger partial charge in [-0.2, -0.15) is 0 Å². The lowest BCUT2D eigenvalue weighted by atomic mass is 10.2. The fourth-order valence-corrected chi connectivity index (χ4v) is 4.40. The molecule has 0 radical (unpaired) electrons. The second-order valence-corrected chi connectivity index (χ2v) is 7.03. The minimum absolute atomic E-state index is 0.232. The Hall–Kier alpha value is -0.420. The van der Waals surface area contributed by atoms with Crippen molar-refractivity contribution in [1.29, 1.82) is 0 Å². The van der Waals surface area contributed by atoms with Crippen molar-refractivity contribution in [3.63, 3.8) is 0 Å². The molecule has 0 amide bonds. The first kappa shape index (κ1) is 13.6. The van der Waals surface area contributed by atoms with E-state index in [1.54, 1.807) is 10.4 Å². The maximum absolute atomic E-state index is 10.0. The van der Waals surface area contributed by atoms with E-state index in [-0.39, 0.29) is 6.10 Å². The zero-order valence-electron chi connectivity index (χ0n) is 11.5. The Morgan fingerprint density at radius 2 is 2.11 bits per heavy atom. The van der Waals surface area contributed by atoms with Crippen molar-refractivity contribution in [2.24, 2.45) is 0 Å². The molecule has 1 fully saturated rings. The SMILES string of the molecule is OC(CNCc1cc2c(s1)CCC2)CN1CCCC1. The van der Waals surface area contributed by atoms with E-state index in [9.17, 15) is 5.11 Å². The minimum atomic E-state index is -0.232. The van der Waals surface area contributed by atoms with Gasteiger partial charge in [-0.05, 0) is 56.8 Å². The molecule has 1 atom stereocenters. The van der Waals surface area contributed by atoms with Crippen LogP contribution in [0.3, 0.4) is 0 Å². The van der Waals surface area contributed by atoms with E-state index in [0.717, 1.165) is 26.2 Å². The van der Waals surface area contributed by atoms with Crippen LogP contribution in [-0.2, 0) is 19.4 Å². The first-order valence-electron chi connectivity index (χ1n) is 7.53. The quantitative estimate of drug-likeness (QED) is 0.834. The summed E-state index contributed by atoms with van der Waals surface area (Å²) >= 11 is 1.95. The molecule has 19 heavy (non-hydrogen) atoms. The first-order valence-corrected chi connectivity index (χ1v) is 8.34. The molecule has 1 aromatic heterocycles. The zero-order valence-corrected chi connectivity index (χ0v) is 12.3. The van der Waals surface area contributed by atoms with E-state index in [4.69, 9.17) is 0 Å². The maximum atomic E-state index is 10.0. The first-order chi connectivity index (χ1) is 9.31. The molecule has 2 aliphatic rings. The average Bonchev–Trinajstić information content (AvgIpc) is 3.04. The van der Waals surface area contributed by atoms with Crippen LogP contribution in [0.25, 0.3) is 0 Å². The van der Waals surface area contributed by atoms with Crippen LogP contribution in [0, 0.1) is 0 Å². The maximum Gasteiger partial charge on any atom is 0.0791 e. The number of nitrogens with zero attached hydrogens (tertiary/aromatic N) is 1. The van der Waals surface area contributed by atoms with E-state index in [2.05, 4.69) is 16.3 Å². The highest BCUT2D eigenvalue weighted by Crippen LogP contribution is 2.30. The summed E-state index contributed by atoms with van der Waals surface area (Å²) in [5.74, 6) is 0. The Balaban J connectivity index is 1.37.